The third kappa shape index (κ3) is 4.41. The Labute approximate surface area is 156 Å². The van der Waals surface area contributed by atoms with Gasteiger partial charge in [-0.05, 0) is 30.7 Å². The first-order chi connectivity index (χ1) is 13.1. The van der Waals surface area contributed by atoms with Crippen molar-refractivity contribution in [2.75, 3.05) is 19.5 Å². The van der Waals surface area contributed by atoms with Crippen molar-refractivity contribution in [2.45, 2.75) is 19.8 Å². The standard InChI is InChI=1S/C19H20N4O4/c1-12-10-15(25-2)16(26-3)11-14(12)21-17(24)4-5-18-22-19(23-27-18)13-6-8-20-9-7-13/h6-11H,4-5H2,1-3H3,(H,21,24). The highest BCUT2D eigenvalue weighted by atomic mass is 16.5. The summed E-state index contributed by atoms with van der Waals surface area (Å²) in [4.78, 5) is 20.5. The molecular weight excluding hydrogens is 348 g/mol. The van der Waals surface area contributed by atoms with E-state index in [-0.39, 0.29) is 12.3 Å². The Morgan fingerprint density at radius 1 is 1.15 bits per heavy atom. The summed E-state index contributed by atoms with van der Waals surface area (Å²) in [6, 6.07) is 7.14. The van der Waals surface area contributed by atoms with Crippen molar-refractivity contribution in [3.05, 3.63) is 48.1 Å². The molecule has 3 rings (SSSR count). The molecule has 0 aliphatic carbocycles. The topological polar surface area (TPSA) is 99.4 Å². The van der Waals surface area contributed by atoms with Gasteiger partial charge in [0.2, 0.25) is 17.6 Å². The summed E-state index contributed by atoms with van der Waals surface area (Å²) in [7, 11) is 3.12. The summed E-state index contributed by atoms with van der Waals surface area (Å²) in [6.45, 7) is 1.89. The number of aryl methyl sites for hydroxylation is 2. The molecule has 2 aromatic heterocycles. The number of aromatic nitrogens is 3. The van der Waals surface area contributed by atoms with E-state index in [0.717, 1.165) is 11.1 Å². The van der Waals surface area contributed by atoms with E-state index >= 15 is 0 Å². The van der Waals surface area contributed by atoms with Crippen molar-refractivity contribution in [3.63, 3.8) is 0 Å². The predicted octanol–water partition coefficient (Wildman–Crippen LogP) is 3.03. The number of rotatable bonds is 7. The van der Waals surface area contributed by atoms with Crippen LogP contribution < -0.4 is 14.8 Å². The first-order valence-electron chi connectivity index (χ1n) is 8.36. The molecule has 1 aromatic carbocycles. The zero-order valence-corrected chi connectivity index (χ0v) is 15.4. The summed E-state index contributed by atoms with van der Waals surface area (Å²) < 4.78 is 15.7. The zero-order chi connectivity index (χ0) is 19.2. The second-order valence-corrected chi connectivity index (χ2v) is 5.82. The van der Waals surface area contributed by atoms with Gasteiger partial charge in [-0.1, -0.05) is 5.16 Å². The zero-order valence-electron chi connectivity index (χ0n) is 15.4. The van der Waals surface area contributed by atoms with Gasteiger partial charge in [-0.25, -0.2) is 0 Å². The van der Waals surface area contributed by atoms with Crippen LogP contribution >= 0.6 is 0 Å². The molecule has 3 aromatic rings. The number of ether oxygens (including phenoxy) is 2. The van der Waals surface area contributed by atoms with E-state index in [2.05, 4.69) is 20.4 Å². The van der Waals surface area contributed by atoms with Crippen LogP contribution in [0.3, 0.4) is 0 Å². The molecule has 1 amide bonds. The predicted molar refractivity (Wildman–Crippen MR) is 98.8 cm³/mol. The molecule has 27 heavy (non-hydrogen) atoms. The van der Waals surface area contributed by atoms with Crippen molar-refractivity contribution in [2.24, 2.45) is 0 Å². The van der Waals surface area contributed by atoms with E-state index in [4.69, 9.17) is 14.0 Å². The molecule has 8 nitrogen and oxygen atoms in total. The molecule has 0 saturated carbocycles. The first-order valence-corrected chi connectivity index (χ1v) is 8.36. The molecule has 0 radical (unpaired) electrons. The van der Waals surface area contributed by atoms with Crippen molar-refractivity contribution in [1.82, 2.24) is 15.1 Å². The molecule has 0 atom stereocenters. The van der Waals surface area contributed by atoms with Crippen LogP contribution in [0.15, 0.2) is 41.2 Å². The highest BCUT2D eigenvalue weighted by Crippen LogP contribution is 2.32. The van der Waals surface area contributed by atoms with Gasteiger partial charge in [0.25, 0.3) is 0 Å². The quantitative estimate of drug-likeness (QED) is 0.684. The van der Waals surface area contributed by atoms with Gasteiger partial charge >= 0.3 is 0 Å². The lowest BCUT2D eigenvalue weighted by molar-refractivity contribution is -0.116. The van der Waals surface area contributed by atoms with Crippen LogP contribution in [0.5, 0.6) is 11.5 Å². The largest absolute Gasteiger partial charge is 0.493 e. The Bertz CT molecular complexity index is 925. The SMILES string of the molecule is COc1cc(C)c(NC(=O)CCc2nc(-c3ccncc3)no2)cc1OC. The van der Waals surface area contributed by atoms with Gasteiger partial charge < -0.3 is 19.3 Å². The molecule has 140 valence electrons. The number of anilines is 1. The minimum atomic E-state index is -0.158. The Morgan fingerprint density at radius 3 is 2.56 bits per heavy atom. The third-order valence-electron chi connectivity index (χ3n) is 3.98. The number of hydrogen-bond donors (Lipinski definition) is 1. The highest BCUT2D eigenvalue weighted by Gasteiger charge is 2.13. The molecule has 0 fully saturated rings. The van der Waals surface area contributed by atoms with Gasteiger partial charge in [0.1, 0.15) is 0 Å². The van der Waals surface area contributed by atoms with Crippen LogP contribution in [-0.2, 0) is 11.2 Å². The number of amides is 1. The summed E-state index contributed by atoms with van der Waals surface area (Å²) in [5.41, 5.74) is 2.35. The molecule has 8 heteroatoms. The van der Waals surface area contributed by atoms with Crippen LogP contribution in [0, 0.1) is 6.92 Å². The lowest BCUT2D eigenvalue weighted by Gasteiger charge is -2.13. The fraction of sp³-hybridized carbons (Fsp3) is 0.263. The van der Waals surface area contributed by atoms with Crippen molar-refractivity contribution < 1.29 is 18.8 Å². The Hall–Kier alpha value is -3.42. The second-order valence-electron chi connectivity index (χ2n) is 5.82. The van der Waals surface area contributed by atoms with E-state index in [1.54, 1.807) is 44.8 Å². The number of nitrogens with zero attached hydrogens (tertiary/aromatic N) is 3. The fourth-order valence-electron chi connectivity index (χ4n) is 2.52. The molecule has 0 bridgehead atoms. The van der Waals surface area contributed by atoms with Gasteiger partial charge in [0.15, 0.2) is 11.5 Å². The number of pyridine rings is 1. The average Bonchev–Trinajstić information content (AvgIpc) is 3.17. The summed E-state index contributed by atoms with van der Waals surface area (Å²) in [5.74, 6) is 1.89. The van der Waals surface area contributed by atoms with E-state index in [1.807, 2.05) is 13.0 Å². The van der Waals surface area contributed by atoms with Crippen molar-refractivity contribution in [1.29, 1.82) is 0 Å². The summed E-state index contributed by atoms with van der Waals surface area (Å²) in [6.07, 6.45) is 3.87. The smallest absolute Gasteiger partial charge is 0.227 e. The van der Waals surface area contributed by atoms with Crippen LogP contribution in [0.4, 0.5) is 5.69 Å². The van der Waals surface area contributed by atoms with E-state index in [9.17, 15) is 4.79 Å². The summed E-state index contributed by atoms with van der Waals surface area (Å²) in [5, 5.41) is 6.80. The van der Waals surface area contributed by atoms with E-state index < -0.39 is 0 Å². The number of nitrogens with one attached hydrogen (secondary N) is 1. The lowest BCUT2D eigenvalue weighted by atomic mass is 10.1. The number of carbonyl (C=O) groups excluding carboxylic acids is 1. The molecule has 0 aliphatic rings. The van der Waals surface area contributed by atoms with Crippen molar-refractivity contribution >= 4 is 11.6 Å². The van der Waals surface area contributed by atoms with Crippen LogP contribution in [0.25, 0.3) is 11.4 Å². The van der Waals surface area contributed by atoms with Crippen molar-refractivity contribution in [3.8, 4) is 22.9 Å². The van der Waals surface area contributed by atoms with Gasteiger partial charge in [-0.2, -0.15) is 4.98 Å². The maximum absolute atomic E-state index is 12.3. The van der Waals surface area contributed by atoms with Gasteiger partial charge in [-0.3, -0.25) is 9.78 Å². The molecule has 1 N–H and O–H groups in total. The normalized spacial score (nSPS) is 10.5. The lowest BCUT2D eigenvalue weighted by Crippen LogP contribution is -2.13. The van der Waals surface area contributed by atoms with E-state index in [0.29, 0.717) is 35.3 Å². The Kier molecular flexibility index (Phi) is 5.65. The molecule has 0 unspecified atom stereocenters. The maximum atomic E-state index is 12.3. The highest BCUT2D eigenvalue weighted by molar-refractivity contribution is 5.92. The van der Waals surface area contributed by atoms with Crippen LogP contribution in [0.1, 0.15) is 17.9 Å². The Morgan fingerprint density at radius 2 is 1.85 bits per heavy atom. The molecule has 0 saturated heterocycles. The second kappa shape index (κ2) is 8.31. The van der Waals surface area contributed by atoms with Crippen LogP contribution in [0.2, 0.25) is 0 Å². The van der Waals surface area contributed by atoms with Gasteiger partial charge in [-0.15, -0.1) is 0 Å². The minimum absolute atomic E-state index is 0.158. The van der Waals surface area contributed by atoms with Gasteiger partial charge in [0, 0.05) is 42.6 Å². The number of methoxy groups -OCH3 is 2. The minimum Gasteiger partial charge on any atom is -0.493 e. The number of hydrogen-bond acceptors (Lipinski definition) is 7. The van der Waals surface area contributed by atoms with E-state index in [1.165, 1.54) is 0 Å². The molecule has 0 spiro atoms. The monoisotopic (exact) mass is 368 g/mol. The molecule has 0 aliphatic heterocycles. The first kappa shape index (κ1) is 18.4. The molecular formula is C19H20N4O4. The third-order valence-corrected chi connectivity index (χ3v) is 3.98. The number of benzene rings is 1. The molecule has 2 heterocycles. The fourth-order valence-corrected chi connectivity index (χ4v) is 2.52. The summed E-state index contributed by atoms with van der Waals surface area (Å²) >= 11 is 0. The number of carbonyl (C=O) groups is 1. The van der Waals surface area contributed by atoms with Gasteiger partial charge in [0.05, 0.1) is 14.2 Å². The maximum Gasteiger partial charge on any atom is 0.227 e. The average molecular weight is 368 g/mol. The Balaban J connectivity index is 1.61. The van der Waals surface area contributed by atoms with Crippen LogP contribution in [-0.4, -0.2) is 35.3 Å².